The van der Waals surface area contributed by atoms with Crippen molar-refractivity contribution in [2.45, 2.75) is 6.92 Å². The van der Waals surface area contributed by atoms with E-state index in [1.165, 1.54) is 6.20 Å². The highest BCUT2D eigenvalue weighted by molar-refractivity contribution is 6.29. The molecular weight excluding hydrogens is 202 g/mol. The number of aromatic amines is 1. The molecule has 72 valence electrons. The van der Waals surface area contributed by atoms with E-state index in [1.54, 1.807) is 6.20 Å². The quantitative estimate of drug-likeness (QED) is 0.793. The molecule has 0 aliphatic carbocycles. The average molecular weight is 210 g/mol. The molecule has 14 heavy (non-hydrogen) atoms. The average Bonchev–Trinajstić information content (AvgIpc) is 2.51. The second-order valence-electron chi connectivity index (χ2n) is 2.78. The van der Waals surface area contributed by atoms with Crippen molar-refractivity contribution in [2.75, 3.05) is 5.32 Å². The molecule has 0 aliphatic heterocycles. The van der Waals surface area contributed by atoms with Crippen LogP contribution < -0.4 is 5.32 Å². The predicted molar refractivity (Wildman–Crippen MR) is 53.6 cm³/mol. The van der Waals surface area contributed by atoms with Crippen LogP contribution in [0, 0.1) is 6.92 Å². The Morgan fingerprint density at radius 3 is 2.93 bits per heavy atom. The van der Waals surface area contributed by atoms with Crippen LogP contribution in [-0.2, 0) is 0 Å². The first-order valence-electron chi connectivity index (χ1n) is 4.00. The Hall–Kier alpha value is -1.62. The van der Waals surface area contributed by atoms with Gasteiger partial charge in [-0.2, -0.15) is 5.10 Å². The van der Waals surface area contributed by atoms with Gasteiger partial charge in [0, 0.05) is 6.07 Å². The van der Waals surface area contributed by atoms with Crippen molar-refractivity contribution >= 4 is 23.2 Å². The van der Waals surface area contributed by atoms with Gasteiger partial charge in [-0.3, -0.25) is 10.1 Å². The van der Waals surface area contributed by atoms with Crippen LogP contribution in [0.5, 0.6) is 0 Å². The molecule has 2 aromatic rings. The maximum Gasteiger partial charge on any atom is 0.151 e. The highest BCUT2D eigenvalue weighted by Crippen LogP contribution is 2.13. The molecule has 0 fully saturated rings. The number of anilines is 2. The van der Waals surface area contributed by atoms with Crippen LogP contribution >= 0.6 is 11.6 Å². The smallest absolute Gasteiger partial charge is 0.151 e. The van der Waals surface area contributed by atoms with E-state index in [1.807, 2.05) is 13.0 Å². The first-order chi connectivity index (χ1) is 6.74. The van der Waals surface area contributed by atoms with Crippen molar-refractivity contribution in [1.82, 2.24) is 20.2 Å². The van der Waals surface area contributed by atoms with Gasteiger partial charge in [0.1, 0.15) is 11.0 Å². The molecule has 0 bridgehead atoms. The standard InChI is InChI=1S/C8H8ClN5/c1-5-2-7(14-13-5)12-8-4-10-3-6(9)11-8/h2-4H,1H3,(H2,11,12,13,14). The molecule has 0 amide bonds. The van der Waals surface area contributed by atoms with Crippen molar-refractivity contribution < 1.29 is 0 Å². The lowest BCUT2D eigenvalue weighted by atomic mass is 10.5. The molecule has 2 heterocycles. The molecule has 6 heteroatoms. The lowest BCUT2D eigenvalue weighted by Gasteiger charge is -2.00. The summed E-state index contributed by atoms with van der Waals surface area (Å²) in [6.45, 7) is 1.89. The van der Waals surface area contributed by atoms with Crippen LogP contribution in [0.25, 0.3) is 0 Å². The van der Waals surface area contributed by atoms with Gasteiger partial charge in [0.2, 0.25) is 0 Å². The van der Waals surface area contributed by atoms with Gasteiger partial charge in [0.05, 0.1) is 18.1 Å². The zero-order valence-corrected chi connectivity index (χ0v) is 8.21. The van der Waals surface area contributed by atoms with Gasteiger partial charge in [-0.1, -0.05) is 11.6 Å². The third kappa shape index (κ3) is 2.00. The third-order valence-electron chi connectivity index (χ3n) is 1.57. The molecule has 0 aliphatic rings. The maximum absolute atomic E-state index is 5.68. The Bertz CT molecular complexity index is 439. The van der Waals surface area contributed by atoms with Gasteiger partial charge in [-0.15, -0.1) is 0 Å². The number of nitrogens with zero attached hydrogens (tertiary/aromatic N) is 3. The van der Waals surface area contributed by atoms with Gasteiger partial charge in [0.15, 0.2) is 5.82 Å². The topological polar surface area (TPSA) is 66.5 Å². The van der Waals surface area contributed by atoms with E-state index in [9.17, 15) is 0 Å². The van der Waals surface area contributed by atoms with Crippen LogP contribution in [-0.4, -0.2) is 20.2 Å². The molecule has 0 aromatic carbocycles. The molecule has 2 rings (SSSR count). The lowest BCUT2D eigenvalue weighted by molar-refractivity contribution is 1.05. The molecule has 0 atom stereocenters. The highest BCUT2D eigenvalue weighted by atomic mass is 35.5. The van der Waals surface area contributed by atoms with Gasteiger partial charge in [0.25, 0.3) is 0 Å². The summed E-state index contributed by atoms with van der Waals surface area (Å²) in [7, 11) is 0. The van der Waals surface area contributed by atoms with Crippen molar-refractivity contribution in [1.29, 1.82) is 0 Å². The minimum absolute atomic E-state index is 0.353. The Labute approximate surface area is 85.5 Å². The number of hydrogen-bond donors (Lipinski definition) is 2. The van der Waals surface area contributed by atoms with E-state index >= 15 is 0 Å². The number of halogens is 1. The minimum atomic E-state index is 0.353. The molecule has 2 aromatic heterocycles. The Balaban J connectivity index is 2.18. The van der Waals surface area contributed by atoms with Crippen LogP contribution in [0.1, 0.15) is 5.69 Å². The molecule has 2 N–H and O–H groups in total. The second kappa shape index (κ2) is 3.63. The summed E-state index contributed by atoms with van der Waals surface area (Å²) >= 11 is 5.68. The number of hydrogen-bond acceptors (Lipinski definition) is 4. The first kappa shape index (κ1) is 8.96. The van der Waals surface area contributed by atoms with Gasteiger partial charge >= 0.3 is 0 Å². The van der Waals surface area contributed by atoms with E-state index in [-0.39, 0.29) is 0 Å². The number of rotatable bonds is 2. The number of H-pyrrole nitrogens is 1. The number of aromatic nitrogens is 4. The largest absolute Gasteiger partial charge is 0.324 e. The fourth-order valence-corrected chi connectivity index (χ4v) is 1.17. The zero-order chi connectivity index (χ0) is 9.97. The van der Waals surface area contributed by atoms with E-state index in [0.717, 1.165) is 11.5 Å². The second-order valence-corrected chi connectivity index (χ2v) is 3.16. The molecule has 5 nitrogen and oxygen atoms in total. The normalized spacial score (nSPS) is 10.1. The van der Waals surface area contributed by atoms with Crippen LogP contribution in [0.4, 0.5) is 11.6 Å². The summed E-state index contributed by atoms with van der Waals surface area (Å²) in [5.41, 5.74) is 0.905. The van der Waals surface area contributed by atoms with Crippen molar-refractivity contribution in [2.24, 2.45) is 0 Å². The van der Waals surface area contributed by atoms with Gasteiger partial charge < -0.3 is 5.32 Å². The molecule has 0 spiro atoms. The maximum atomic E-state index is 5.68. The molecule has 0 unspecified atom stereocenters. The molecule has 0 radical (unpaired) electrons. The zero-order valence-electron chi connectivity index (χ0n) is 7.45. The third-order valence-corrected chi connectivity index (χ3v) is 1.76. The van der Waals surface area contributed by atoms with Crippen molar-refractivity contribution in [3.63, 3.8) is 0 Å². The summed E-state index contributed by atoms with van der Waals surface area (Å²) in [6.07, 6.45) is 3.06. The summed E-state index contributed by atoms with van der Waals surface area (Å²) in [5.74, 6) is 1.35. The van der Waals surface area contributed by atoms with E-state index in [4.69, 9.17) is 11.6 Å². The predicted octanol–water partition coefficient (Wildman–Crippen LogP) is 1.91. The Morgan fingerprint density at radius 1 is 1.43 bits per heavy atom. The van der Waals surface area contributed by atoms with Crippen molar-refractivity contribution in [3.05, 3.63) is 29.3 Å². The van der Waals surface area contributed by atoms with Crippen LogP contribution in [0.3, 0.4) is 0 Å². The van der Waals surface area contributed by atoms with E-state index in [0.29, 0.717) is 11.0 Å². The van der Waals surface area contributed by atoms with Crippen LogP contribution in [0.15, 0.2) is 18.5 Å². The molecular formula is C8H8ClN5. The Morgan fingerprint density at radius 2 is 2.29 bits per heavy atom. The van der Waals surface area contributed by atoms with Crippen LogP contribution in [0.2, 0.25) is 5.15 Å². The Kier molecular flexibility index (Phi) is 2.32. The minimum Gasteiger partial charge on any atom is -0.324 e. The van der Waals surface area contributed by atoms with Gasteiger partial charge in [-0.25, -0.2) is 4.98 Å². The number of nitrogens with one attached hydrogen (secondary N) is 2. The summed E-state index contributed by atoms with van der Waals surface area (Å²) in [4.78, 5) is 7.92. The van der Waals surface area contributed by atoms with Crippen molar-refractivity contribution in [3.8, 4) is 0 Å². The number of aryl methyl sites for hydroxylation is 1. The van der Waals surface area contributed by atoms with Gasteiger partial charge in [-0.05, 0) is 6.92 Å². The molecule has 0 saturated heterocycles. The first-order valence-corrected chi connectivity index (χ1v) is 4.38. The summed E-state index contributed by atoms with van der Waals surface area (Å²) in [5, 5.41) is 10.1. The SMILES string of the molecule is Cc1cc(Nc2cncc(Cl)n2)[nH]n1. The summed E-state index contributed by atoms with van der Waals surface area (Å²) in [6, 6.07) is 1.86. The fraction of sp³-hybridized carbons (Fsp3) is 0.125. The summed E-state index contributed by atoms with van der Waals surface area (Å²) < 4.78 is 0. The highest BCUT2D eigenvalue weighted by Gasteiger charge is 1.99. The molecule has 0 saturated carbocycles. The monoisotopic (exact) mass is 209 g/mol. The fourth-order valence-electron chi connectivity index (χ4n) is 1.03. The lowest BCUT2D eigenvalue weighted by Crippen LogP contribution is -1.94. The van der Waals surface area contributed by atoms with E-state index in [2.05, 4.69) is 25.5 Å². The van der Waals surface area contributed by atoms with E-state index < -0.39 is 0 Å².